The lowest BCUT2D eigenvalue weighted by Gasteiger charge is -2.20. The van der Waals surface area contributed by atoms with E-state index in [0.717, 1.165) is 17.8 Å². The average Bonchev–Trinajstić information content (AvgIpc) is 2.89. The van der Waals surface area contributed by atoms with Crippen molar-refractivity contribution in [3.8, 4) is 11.5 Å². The van der Waals surface area contributed by atoms with Gasteiger partial charge in [-0.15, -0.1) is 0 Å². The van der Waals surface area contributed by atoms with E-state index in [1.807, 2.05) is 43.8 Å². The molecule has 0 bridgehead atoms. The highest BCUT2D eigenvalue weighted by atomic mass is 16.5. The Morgan fingerprint density at radius 1 is 1.25 bits per heavy atom. The highest BCUT2D eigenvalue weighted by molar-refractivity contribution is 5.80. The zero-order valence-electron chi connectivity index (χ0n) is 18.0. The monoisotopic (exact) mass is 388 g/mol. The Hall–Kier alpha value is -2.54. The standard InChI is InChI=1S/C21H32N4O3/c1-8-27-20-11-17(9-10-19(20)28-16(4)21(26)24(5)6)12-22-13-18-14(2)23-25(7)15(18)3/h9-11,16,22H,8,12-13H2,1-7H3. The number of nitrogens with zero attached hydrogens (tertiary/aromatic N) is 3. The lowest BCUT2D eigenvalue weighted by atomic mass is 10.1. The molecule has 0 spiro atoms. The van der Waals surface area contributed by atoms with Gasteiger partial charge in [-0.25, -0.2) is 0 Å². The molecule has 0 aliphatic rings. The molecule has 1 aromatic carbocycles. The molecular formula is C21H32N4O3. The third kappa shape index (κ3) is 5.25. The number of carbonyl (C=O) groups is 1. The van der Waals surface area contributed by atoms with Gasteiger partial charge in [-0.1, -0.05) is 6.07 Å². The van der Waals surface area contributed by atoms with Crippen LogP contribution in [0.3, 0.4) is 0 Å². The molecule has 28 heavy (non-hydrogen) atoms. The van der Waals surface area contributed by atoms with Crippen LogP contribution in [0.25, 0.3) is 0 Å². The van der Waals surface area contributed by atoms with Crippen molar-refractivity contribution in [3.63, 3.8) is 0 Å². The number of carbonyl (C=O) groups excluding carboxylic acids is 1. The zero-order valence-corrected chi connectivity index (χ0v) is 18.0. The minimum Gasteiger partial charge on any atom is -0.490 e. The largest absolute Gasteiger partial charge is 0.490 e. The van der Waals surface area contributed by atoms with Crippen LogP contribution < -0.4 is 14.8 Å². The summed E-state index contributed by atoms with van der Waals surface area (Å²) in [6.45, 7) is 9.74. The molecule has 1 amide bonds. The first-order chi connectivity index (χ1) is 13.2. The van der Waals surface area contributed by atoms with Crippen molar-refractivity contribution in [3.05, 3.63) is 40.7 Å². The van der Waals surface area contributed by atoms with Gasteiger partial charge in [0, 0.05) is 45.5 Å². The van der Waals surface area contributed by atoms with Crippen LogP contribution >= 0.6 is 0 Å². The lowest BCUT2D eigenvalue weighted by Crippen LogP contribution is -2.35. The second-order valence-corrected chi connectivity index (χ2v) is 7.08. The van der Waals surface area contributed by atoms with E-state index in [9.17, 15) is 4.79 Å². The Bertz CT molecular complexity index is 814. The van der Waals surface area contributed by atoms with E-state index >= 15 is 0 Å². The van der Waals surface area contributed by atoms with E-state index < -0.39 is 6.10 Å². The molecule has 2 aromatic rings. The number of rotatable bonds is 9. The maximum atomic E-state index is 12.1. The predicted molar refractivity (Wildman–Crippen MR) is 110 cm³/mol. The van der Waals surface area contributed by atoms with Gasteiger partial charge in [0.25, 0.3) is 5.91 Å². The summed E-state index contributed by atoms with van der Waals surface area (Å²) in [5.74, 6) is 1.14. The molecule has 154 valence electrons. The van der Waals surface area contributed by atoms with Crippen LogP contribution in [0.1, 0.15) is 36.4 Å². The summed E-state index contributed by atoms with van der Waals surface area (Å²) in [4.78, 5) is 13.6. The molecular weight excluding hydrogens is 356 g/mol. The molecule has 7 heteroatoms. The van der Waals surface area contributed by atoms with Crippen molar-refractivity contribution in [2.75, 3.05) is 20.7 Å². The van der Waals surface area contributed by atoms with Crippen LogP contribution in [0.2, 0.25) is 0 Å². The Kier molecular flexibility index (Phi) is 7.45. The first-order valence-corrected chi connectivity index (χ1v) is 9.57. The van der Waals surface area contributed by atoms with Crippen molar-refractivity contribution in [2.45, 2.75) is 46.9 Å². The summed E-state index contributed by atoms with van der Waals surface area (Å²) >= 11 is 0. The zero-order chi connectivity index (χ0) is 20.8. The van der Waals surface area contributed by atoms with E-state index in [0.29, 0.717) is 24.7 Å². The lowest BCUT2D eigenvalue weighted by molar-refractivity contribution is -0.135. The van der Waals surface area contributed by atoms with Crippen molar-refractivity contribution in [2.24, 2.45) is 7.05 Å². The van der Waals surface area contributed by atoms with Gasteiger partial charge in [0.2, 0.25) is 0 Å². The number of hydrogen-bond donors (Lipinski definition) is 1. The third-order valence-corrected chi connectivity index (χ3v) is 4.69. The summed E-state index contributed by atoms with van der Waals surface area (Å²) in [5, 5.41) is 7.91. The maximum Gasteiger partial charge on any atom is 0.262 e. The van der Waals surface area contributed by atoms with Crippen molar-refractivity contribution in [1.82, 2.24) is 20.0 Å². The van der Waals surface area contributed by atoms with Crippen molar-refractivity contribution < 1.29 is 14.3 Å². The molecule has 0 aliphatic carbocycles. The molecule has 0 saturated heterocycles. The van der Waals surface area contributed by atoms with Gasteiger partial charge >= 0.3 is 0 Å². The van der Waals surface area contributed by atoms with Gasteiger partial charge in [-0.05, 0) is 45.4 Å². The third-order valence-electron chi connectivity index (χ3n) is 4.69. The molecule has 2 rings (SSSR count). The van der Waals surface area contributed by atoms with E-state index in [1.54, 1.807) is 21.0 Å². The van der Waals surface area contributed by atoms with Gasteiger partial charge in [0.1, 0.15) is 0 Å². The van der Waals surface area contributed by atoms with Crippen LogP contribution in [-0.2, 0) is 24.9 Å². The van der Waals surface area contributed by atoms with Crippen molar-refractivity contribution >= 4 is 5.91 Å². The fourth-order valence-corrected chi connectivity index (χ4v) is 3.04. The molecule has 0 saturated carbocycles. The molecule has 1 heterocycles. The van der Waals surface area contributed by atoms with E-state index in [-0.39, 0.29) is 5.91 Å². The molecule has 7 nitrogen and oxygen atoms in total. The number of hydrogen-bond acceptors (Lipinski definition) is 5. The van der Waals surface area contributed by atoms with Gasteiger partial charge in [0.15, 0.2) is 17.6 Å². The SMILES string of the molecule is CCOc1cc(CNCc2c(C)nn(C)c2C)ccc1OC(C)C(=O)N(C)C. The highest BCUT2D eigenvalue weighted by Gasteiger charge is 2.19. The molecule has 0 aliphatic heterocycles. The fourth-order valence-electron chi connectivity index (χ4n) is 3.04. The normalized spacial score (nSPS) is 12.0. The fraction of sp³-hybridized carbons (Fsp3) is 0.524. The number of aryl methyl sites for hydroxylation is 2. The van der Waals surface area contributed by atoms with Crippen LogP contribution in [0.4, 0.5) is 0 Å². The average molecular weight is 389 g/mol. The molecule has 1 unspecified atom stereocenters. The summed E-state index contributed by atoms with van der Waals surface area (Å²) in [7, 11) is 5.39. The second-order valence-electron chi connectivity index (χ2n) is 7.08. The van der Waals surface area contributed by atoms with Gasteiger partial charge in [0.05, 0.1) is 12.3 Å². The van der Waals surface area contributed by atoms with E-state index in [1.165, 1.54) is 16.2 Å². The Balaban J connectivity index is 2.05. The van der Waals surface area contributed by atoms with Crippen LogP contribution in [-0.4, -0.2) is 47.4 Å². The molecule has 1 N–H and O–H groups in total. The molecule has 1 atom stereocenters. The number of amides is 1. The summed E-state index contributed by atoms with van der Waals surface area (Å²) in [5.41, 5.74) is 4.53. The maximum absolute atomic E-state index is 12.1. The Morgan fingerprint density at radius 3 is 2.54 bits per heavy atom. The summed E-state index contributed by atoms with van der Waals surface area (Å²) in [6, 6.07) is 5.81. The van der Waals surface area contributed by atoms with E-state index in [4.69, 9.17) is 9.47 Å². The number of aromatic nitrogens is 2. The predicted octanol–water partition coefficient (Wildman–Crippen LogP) is 2.58. The summed E-state index contributed by atoms with van der Waals surface area (Å²) < 4.78 is 13.5. The van der Waals surface area contributed by atoms with Gasteiger partial charge in [-0.3, -0.25) is 9.48 Å². The number of nitrogens with one attached hydrogen (secondary N) is 1. The molecule has 1 aromatic heterocycles. The van der Waals surface area contributed by atoms with Crippen LogP contribution in [0, 0.1) is 13.8 Å². The highest BCUT2D eigenvalue weighted by Crippen LogP contribution is 2.29. The second kappa shape index (κ2) is 9.59. The number of ether oxygens (including phenoxy) is 2. The molecule has 0 fully saturated rings. The van der Waals surface area contributed by atoms with Gasteiger partial charge in [-0.2, -0.15) is 5.10 Å². The number of likely N-dealkylation sites (N-methyl/N-ethyl adjacent to an activating group) is 1. The topological polar surface area (TPSA) is 68.6 Å². The van der Waals surface area contributed by atoms with E-state index in [2.05, 4.69) is 17.3 Å². The smallest absolute Gasteiger partial charge is 0.262 e. The minimum atomic E-state index is -0.574. The Morgan fingerprint density at radius 2 is 1.96 bits per heavy atom. The first-order valence-electron chi connectivity index (χ1n) is 9.57. The van der Waals surface area contributed by atoms with Crippen LogP contribution in [0.15, 0.2) is 18.2 Å². The first kappa shape index (κ1) is 21.8. The minimum absolute atomic E-state index is 0.0876. The number of benzene rings is 1. The van der Waals surface area contributed by atoms with Crippen LogP contribution in [0.5, 0.6) is 11.5 Å². The van der Waals surface area contributed by atoms with Crippen molar-refractivity contribution in [1.29, 1.82) is 0 Å². The van der Waals surface area contributed by atoms with Gasteiger partial charge < -0.3 is 19.7 Å². The Labute approximate surface area is 167 Å². The molecule has 0 radical (unpaired) electrons. The summed E-state index contributed by atoms with van der Waals surface area (Å²) in [6.07, 6.45) is -0.574. The quantitative estimate of drug-likeness (QED) is 0.715.